The first kappa shape index (κ1) is 31.1. The van der Waals surface area contributed by atoms with Gasteiger partial charge in [-0.2, -0.15) is 0 Å². The van der Waals surface area contributed by atoms with Crippen LogP contribution < -0.4 is 10.6 Å². The van der Waals surface area contributed by atoms with Crippen molar-refractivity contribution in [1.82, 2.24) is 25.4 Å². The van der Waals surface area contributed by atoms with Crippen molar-refractivity contribution in [2.24, 2.45) is 5.92 Å². The molecule has 3 amide bonds. The Morgan fingerprint density at radius 3 is 2.71 bits per heavy atom. The molecule has 2 fully saturated rings. The number of likely N-dealkylation sites (N-methyl/N-ethyl adjacent to an activating group) is 2. The summed E-state index contributed by atoms with van der Waals surface area (Å²) in [6, 6.07) is 9.24. The molecule has 224 valence electrons. The van der Waals surface area contributed by atoms with Gasteiger partial charge in [-0.25, -0.2) is 4.98 Å². The number of nitrogens with zero attached hydrogens (tertiary/aromatic N) is 3. The Bertz CT molecular complexity index is 1160. The molecule has 2 N–H and O–H groups in total. The molecule has 1 aromatic heterocycles. The number of thiazole rings is 1. The van der Waals surface area contributed by atoms with Crippen molar-refractivity contribution in [3.8, 4) is 0 Å². The minimum Gasteiger partial charge on any atom is -0.371 e. The van der Waals surface area contributed by atoms with E-state index in [0.717, 1.165) is 43.7 Å². The third-order valence-electron chi connectivity index (χ3n) is 8.57. The monoisotopic (exact) mass is 583 g/mol. The van der Waals surface area contributed by atoms with Crippen molar-refractivity contribution in [2.45, 2.75) is 83.0 Å². The zero-order valence-electron chi connectivity index (χ0n) is 24.8. The first-order chi connectivity index (χ1) is 19.8. The van der Waals surface area contributed by atoms with Crippen molar-refractivity contribution in [2.75, 3.05) is 33.8 Å². The molecule has 9 nitrogen and oxygen atoms in total. The van der Waals surface area contributed by atoms with Gasteiger partial charge in [0, 0.05) is 38.0 Å². The molecule has 2 aliphatic heterocycles. The van der Waals surface area contributed by atoms with Gasteiger partial charge in [-0.3, -0.25) is 19.3 Å². The van der Waals surface area contributed by atoms with Crippen LogP contribution in [-0.2, 0) is 20.7 Å². The molecular formula is C31H45N5O4S. The topological polar surface area (TPSA) is 104 Å². The summed E-state index contributed by atoms with van der Waals surface area (Å²) >= 11 is 1.41. The number of carbonyl (C=O) groups excluding carboxylic acids is 3. The van der Waals surface area contributed by atoms with Crippen molar-refractivity contribution in [1.29, 1.82) is 0 Å². The molecule has 1 aromatic carbocycles. The van der Waals surface area contributed by atoms with E-state index in [1.807, 2.05) is 58.3 Å². The fourth-order valence-electron chi connectivity index (χ4n) is 5.64. The number of hydrogen-bond acceptors (Lipinski definition) is 7. The van der Waals surface area contributed by atoms with Crippen LogP contribution in [0.25, 0.3) is 0 Å². The predicted octanol–water partition coefficient (Wildman–Crippen LogP) is 3.81. The number of hydrogen-bond donors (Lipinski definition) is 2. The fraction of sp³-hybridized carbons (Fsp3) is 0.613. The zero-order chi connectivity index (χ0) is 29.4. The molecule has 41 heavy (non-hydrogen) atoms. The predicted molar refractivity (Wildman–Crippen MR) is 161 cm³/mol. The molecule has 10 heteroatoms. The van der Waals surface area contributed by atoms with Gasteiger partial charge < -0.3 is 20.3 Å². The average Bonchev–Trinajstić information content (AvgIpc) is 3.50. The van der Waals surface area contributed by atoms with Gasteiger partial charge >= 0.3 is 0 Å². The van der Waals surface area contributed by atoms with Gasteiger partial charge in [0.05, 0.1) is 6.04 Å². The first-order valence-electron chi connectivity index (χ1n) is 14.9. The van der Waals surface area contributed by atoms with Crippen LogP contribution in [0.4, 0.5) is 0 Å². The van der Waals surface area contributed by atoms with Crippen molar-refractivity contribution < 1.29 is 19.1 Å². The maximum Gasteiger partial charge on any atom is 0.270 e. The molecule has 0 aliphatic carbocycles. The summed E-state index contributed by atoms with van der Waals surface area (Å²) in [6.45, 7) is 6.01. The molecular weight excluding hydrogens is 538 g/mol. The lowest BCUT2D eigenvalue weighted by Gasteiger charge is -2.38. The molecule has 5 atom stereocenters. The van der Waals surface area contributed by atoms with Crippen LogP contribution in [-0.4, -0.2) is 84.4 Å². The molecule has 0 unspecified atom stereocenters. The molecule has 4 rings (SSSR count). The summed E-state index contributed by atoms with van der Waals surface area (Å²) in [4.78, 5) is 48.1. The molecule has 2 aromatic rings. The third kappa shape index (κ3) is 8.14. The van der Waals surface area contributed by atoms with Gasteiger partial charge in [0.25, 0.3) is 5.91 Å². The molecule has 2 aliphatic rings. The van der Waals surface area contributed by atoms with Crippen LogP contribution >= 0.6 is 11.3 Å². The smallest absolute Gasteiger partial charge is 0.270 e. The summed E-state index contributed by atoms with van der Waals surface area (Å²) in [5.41, 5.74) is 1.56. The second-order valence-electron chi connectivity index (χ2n) is 11.4. The summed E-state index contributed by atoms with van der Waals surface area (Å²) in [7, 11) is 3.81. The molecule has 3 heterocycles. The Kier molecular flexibility index (Phi) is 11.3. The van der Waals surface area contributed by atoms with Gasteiger partial charge in [-0.1, -0.05) is 57.0 Å². The third-order valence-corrected chi connectivity index (χ3v) is 9.51. The summed E-state index contributed by atoms with van der Waals surface area (Å²) < 4.78 is 6.04. The van der Waals surface area contributed by atoms with E-state index < -0.39 is 6.04 Å². The molecule has 0 saturated carbocycles. The molecule has 0 bridgehead atoms. The standard InChI is InChI=1S/C31H45N5O4S/c1-5-21(2)27(34-29(38)25-13-9-10-17-35(25)3)31(39)36(4)23-15-18-40-26(19-23)30-33-24(20-41-30)28(37)32-16-14-22-11-7-6-8-12-22/h6-8,11-12,20-21,23,25-27H,5,9-10,13-19H2,1-4H3,(H,32,37)(H,34,38)/t21-,23-,25+,26+,27-/m0/s1. The van der Waals surface area contributed by atoms with Gasteiger partial charge in [0.1, 0.15) is 22.8 Å². The summed E-state index contributed by atoms with van der Waals surface area (Å²) in [5, 5.41) is 8.58. The highest BCUT2D eigenvalue weighted by Crippen LogP contribution is 2.32. The summed E-state index contributed by atoms with van der Waals surface area (Å²) in [5.74, 6) is -0.296. The van der Waals surface area contributed by atoms with Crippen LogP contribution in [0.1, 0.15) is 79.5 Å². The van der Waals surface area contributed by atoms with Gasteiger partial charge in [0.15, 0.2) is 0 Å². The number of aromatic nitrogens is 1. The SMILES string of the molecule is CC[C@H](C)[C@H](NC(=O)[C@H]1CCCCN1C)C(=O)N(C)[C@H]1CCO[C@@H](c2nc(C(=O)NCCc3ccccc3)cs2)C1. The largest absolute Gasteiger partial charge is 0.371 e. The number of piperidine rings is 1. The highest BCUT2D eigenvalue weighted by molar-refractivity contribution is 7.09. The van der Waals surface area contributed by atoms with E-state index in [-0.39, 0.29) is 41.8 Å². The lowest BCUT2D eigenvalue weighted by molar-refractivity contribution is -0.142. The second-order valence-corrected chi connectivity index (χ2v) is 12.3. The second kappa shape index (κ2) is 14.9. The Hall–Kier alpha value is -2.82. The van der Waals surface area contributed by atoms with E-state index >= 15 is 0 Å². The van der Waals surface area contributed by atoms with Crippen LogP contribution in [0.2, 0.25) is 0 Å². The first-order valence-corrected chi connectivity index (χ1v) is 15.8. The van der Waals surface area contributed by atoms with Crippen LogP contribution in [0.5, 0.6) is 0 Å². The molecule has 2 saturated heterocycles. The maximum atomic E-state index is 13.8. The summed E-state index contributed by atoms with van der Waals surface area (Å²) in [6.07, 6.45) is 5.52. The van der Waals surface area contributed by atoms with E-state index in [2.05, 4.69) is 20.5 Å². The Labute approximate surface area is 248 Å². The van der Waals surface area contributed by atoms with Crippen molar-refractivity contribution in [3.05, 3.63) is 52.0 Å². The highest BCUT2D eigenvalue weighted by Gasteiger charge is 2.37. The number of ether oxygens (including phenoxy) is 1. The van der Waals surface area contributed by atoms with E-state index in [4.69, 9.17) is 4.74 Å². The highest BCUT2D eigenvalue weighted by atomic mass is 32.1. The number of benzene rings is 1. The minimum absolute atomic E-state index is 0.0142. The Balaban J connectivity index is 1.34. The lowest BCUT2D eigenvalue weighted by atomic mass is 9.94. The van der Waals surface area contributed by atoms with E-state index in [1.54, 1.807) is 10.3 Å². The number of rotatable bonds is 11. The van der Waals surface area contributed by atoms with Gasteiger partial charge in [-0.05, 0) is 50.8 Å². The van der Waals surface area contributed by atoms with Crippen molar-refractivity contribution >= 4 is 29.1 Å². The number of carbonyl (C=O) groups is 3. The number of likely N-dealkylation sites (tertiary alicyclic amines) is 1. The molecule has 0 spiro atoms. The number of nitrogens with one attached hydrogen (secondary N) is 2. The fourth-order valence-corrected chi connectivity index (χ4v) is 6.50. The normalized spacial score (nSPS) is 22.9. The van der Waals surface area contributed by atoms with E-state index in [9.17, 15) is 14.4 Å². The molecule has 0 radical (unpaired) electrons. The average molecular weight is 584 g/mol. The van der Waals surface area contributed by atoms with Crippen LogP contribution in [0.15, 0.2) is 35.7 Å². The lowest BCUT2D eigenvalue weighted by Crippen LogP contribution is -2.57. The van der Waals surface area contributed by atoms with Crippen LogP contribution in [0, 0.1) is 5.92 Å². The Morgan fingerprint density at radius 1 is 1.20 bits per heavy atom. The minimum atomic E-state index is -0.569. The van der Waals surface area contributed by atoms with Gasteiger partial charge in [0.2, 0.25) is 11.8 Å². The van der Waals surface area contributed by atoms with E-state index in [1.165, 1.54) is 16.9 Å². The quantitative estimate of drug-likeness (QED) is 0.417. The van der Waals surface area contributed by atoms with E-state index in [0.29, 0.717) is 31.7 Å². The maximum absolute atomic E-state index is 13.8. The number of amides is 3. The van der Waals surface area contributed by atoms with Gasteiger partial charge in [-0.15, -0.1) is 11.3 Å². The zero-order valence-corrected chi connectivity index (χ0v) is 25.6. The van der Waals surface area contributed by atoms with Crippen molar-refractivity contribution in [3.63, 3.8) is 0 Å². The van der Waals surface area contributed by atoms with Crippen LogP contribution in [0.3, 0.4) is 0 Å². The Morgan fingerprint density at radius 2 is 1.98 bits per heavy atom.